The van der Waals surface area contributed by atoms with Crippen molar-refractivity contribution in [3.8, 4) is 0 Å². The van der Waals surface area contributed by atoms with Crippen LogP contribution in [-0.4, -0.2) is 12.0 Å². The Morgan fingerprint density at radius 2 is 1.36 bits per heavy atom. The molecule has 0 heterocycles. The van der Waals surface area contributed by atoms with E-state index >= 15 is 0 Å². The van der Waals surface area contributed by atoms with Crippen LogP contribution >= 0.6 is 35.5 Å². The normalized spacial score (nSPS) is 13.2. The van der Waals surface area contributed by atoms with E-state index in [4.69, 9.17) is 22.1 Å². The SMILES string of the molecule is SC(OCc1ccc2ccc(COCCc3ccccc3)cc2c1)[C@@H](NI)c1ccccc1. The molecule has 0 aliphatic carbocycles. The topological polar surface area (TPSA) is 30.5 Å². The third-order valence-corrected chi connectivity index (χ3v) is 6.72. The van der Waals surface area contributed by atoms with Gasteiger partial charge in [-0.25, -0.2) is 0 Å². The van der Waals surface area contributed by atoms with Gasteiger partial charge in [-0.3, -0.25) is 3.53 Å². The van der Waals surface area contributed by atoms with Crippen LogP contribution in [-0.2, 0) is 29.1 Å². The van der Waals surface area contributed by atoms with Crippen molar-refractivity contribution in [1.29, 1.82) is 0 Å². The van der Waals surface area contributed by atoms with Gasteiger partial charge < -0.3 is 9.47 Å². The second-order valence-electron chi connectivity index (χ2n) is 8.00. The number of thiol groups is 1. The number of ether oxygens (including phenoxy) is 2. The predicted molar refractivity (Wildman–Crippen MR) is 148 cm³/mol. The summed E-state index contributed by atoms with van der Waals surface area (Å²) in [5.74, 6) is 0. The Kier molecular flexibility index (Phi) is 9.20. The summed E-state index contributed by atoms with van der Waals surface area (Å²) >= 11 is 6.87. The quantitative estimate of drug-likeness (QED) is 0.0667. The van der Waals surface area contributed by atoms with Crippen LogP contribution in [0.3, 0.4) is 0 Å². The summed E-state index contributed by atoms with van der Waals surface area (Å²) in [7, 11) is 0. The van der Waals surface area contributed by atoms with Crippen LogP contribution in [0.1, 0.15) is 28.3 Å². The van der Waals surface area contributed by atoms with Gasteiger partial charge in [0, 0.05) is 22.9 Å². The molecule has 2 atom stereocenters. The van der Waals surface area contributed by atoms with E-state index in [1.165, 1.54) is 21.9 Å². The molecule has 0 radical (unpaired) electrons. The molecular formula is C28H28INO2S. The number of halogens is 1. The second kappa shape index (κ2) is 12.5. The molecule has 5 heteroatoms. The molecule has 1 N–H and O–H groups in total. The highest BCUT2D eigenvalue weighted by molar-refractivity contribution is 14.1. The summed E-state index contributed by atoms with van der Waals surface area (Å²) in [6, 6.07) is 33.7. The zero-order valence-corrected chi connectivity index (χ0v) is 21.4. The minimum atomic E-state index is -0.260. The molecule has 0 spiro atoms. The molecule has 0 aliphatic heterocycles. The van der Waals surface area contributed by atoms with Crippen molar-refractivity contribution in [2.45, 2.75) is 31.1 Å². The van der Waals surface area contributed by atoms with Gasteiger partial charge in [-0.1, -0.05) is 84.9 Å². The lowest BCUT2D eigenvalue weighted by molar-refractivity contribution is 0.0819. The first-order chi connectivity index (χ1) is 16.2. The molecule has 0 saturated carbocycles. The van der Waals surface area contributed by atoms with Gasteiger partial charge in [-0.05, 0) is 51.6 Å². The molecule has 1 unspecified atom stereocenters. The zero-order chi connectivity index (χ0) is 22.9. The first-order valence-corrected chi connectivity index (χ1v) is 12.7. The van der Waals surface area contributed by atoms with Crippen molar-refractivity contribution in [1.82, 2.24) is 3.53 Å². The number of nitrogens with one attached hydrogen (secondary N) is 1. The molecular weight excluding hydrogens is 541 g/mol. The monoisotopic (exact) mass is 569 g/mol. The Hall–Kier alpha value is -1.90. The van der Waals surface area contributed by atoms with Crippen molar-refractivity contribution < 1.29 is 9.47 Å². The maximum atomic E-state index is 6.11. The van der Waals surface area contributed by atoms with E-state index in [1.54, 1.807) is 0 Å². The van der Waals surface area contributed by atoms with Crippen LogP contribution in [0.25, 0.3) is 10.8 Å². The average molecular weight is 570 g/mol. The second-order valence-corrected chi connectivity index (χ2v) is 9.13. The minimum Gasteiger partial charge on any atom is -0.376 e. The van der Waals surface area contributed by atoms with Gasteiger partial charge in [-0.2, -0.15) is 0 Å². The molecule has 0 saturated heterocycles. The summed E-state index contributed by atoms with van der Waals surface area (Å²) in [6.07, 6.45) is 0.927. The van der Waals surface area contributed by atoms with Gasteiger partial charge in [-0.15, -0.1) is 12.6 Å². The van der Waals surface area contributed by atoms with E-state index < -0.39 is 0 Å². The van der Waals surface area contributed by atoms with E-state index in [0.717, 1.165) is 17.5 Å². The van der Waals surface area contributed by atoms with E-state index in [-0.39, 0.29) is 11.5 Å². The van der Waals surface area contributed by atoms with Gasteiger partial charge in [0.1, 0.15) is 5.44 Å². The molecule has 3 nitrogen and oxygen atoms in total. The Bertz CT molecular complexity index is 1140. The molecule has 4 rings (SSSR count). The van der Waals surface area contributed by atoms with E-state index in [2.05, 4.69) is 99.2 Å². The highest BCUT2D eigenvalue weighted by Gasteiger charge is 2.19. The lowest BCUT2D eigenvalue weighted by atomic mass is 10.0. The van der Waals surface area contributed by atoms with Gasteiger partial charge >= 0.3 is 0 Å². The van der Waals surface area contributed by atoms with Crippen molar-refractivity contribution >= 4 is 46.3 Å². The fourth-order valence-corrected chi connectivity index (χ4v) is 5.06. The van der Waals surface area contributed by atoms with Crippen LogP contribution in [0, 0.1) is 0 Å². The number of hydrogen-bond donors (Lipinski definition) is 2. The number of hydrogen-bond acceptors (Lipinski definition) is 4. The lowest BCUT2D eigenvalue weighted by Gasteiger charge is -2.22. The smallest absolute Gasteiger partial charge is 0.121 e. The summed E-state index contributed by atoms with van der Waals surface area (Å²) in [5.41, 5.74) is 4.50. The molecule has 0 amide bonds. The maximum Gasteiger partial charge on any atom is 0.121 e. The molecule has 4 aromatic carbocycles. The number of rotatable bonds is 11. The lowest BCUT2D eigenvalue weighted by Crippen LogP contribution is -2.24. The van der Waals surface area contributed by atoms with Crippen LogP contribution < -0.4 is 3.53 Å². The van der Waals surface area contributed by atoms with Crippen molar-refractivity contribution in [3.63, 3.8) is 0 Å². The number of fused-ring (bicyclic) bond motifs is 1. The third-order valence-electron chi connectivity index (χ3n) is 5.60. The largest absolute Gasteiger partial charge is 0.376 e. The molecule has 170 valence electrons. The summed E-state index contributed by atoms with van der Waals surface area (Å²) in [5, 5.41) is 2.41. The highest BCUT2D eigenvalue weighted by atomic mass is 127. The van der Waals surface area contributed by atoms with Crippen molar-refractivity contribution in [2.24, 2.45) is 0 Å². The molecule has 0 aliphatic rings. The molecule has 33 heavy (non-hydrogen) atoms. The average Bonchev–Trinajstić information content (AvgIpc) is 2.87. The summed E-state index contributed by atoms with van der Waals surface area (Å²) in [4.78, 5) is 0. The van der Waals surface area contributed by atoms with Gasteiger partial charge in [0.2, 0.25) is 0 Å². The minimum absolute atomic E-state index is 0.00947. The molecule has 0 fully saturated rings. The highest BCUT2D eigenvalue weighted by Crippen LogP contribution is 2.25. The van der Waals surface area contributed by atoms with Gasteiger partial charge in [0.15, 0.2) is 0 Å². The zero-order valence-electron chi connectivity index (χ0n) is 18.4. The first-order valence-electron chi connectivity index (χ1n) is 11.1. The molecule has 4 aromatic rings. The third kappa shape index (κ3) is 7.04. The van der Waals surface area contributed by atoms with Gasteiger partial charge in [0.05, 0.1) is 25.9 Å². The molecule has 0 aromatic heterocycles. The molecule has 0 bridgehead atoms. The van der Waals surface area contributed by atoms with Gasteiger partial charge in [0.25, 0.3) is 0 Å². The van der Waals surface area contributed by atoms with Crippen LogP contribution in [0.2, 0.25) is 0 Å². The fraction of sp³-hybridized carbons (Fsp3) is 0.214. The van der Waals surface area contributed by atoms with E-state index in [1.807, 2.05) is 24.3 Å². The summed E-state index contributed by atoms with van der Waals surface area (Å²) in [6.45, 7) is 1.83. The van der Waals surface area contributed by atoms with Crippen molar-refractivity contribution in [2.75, 3.05) is 6.61 Å². The van der Waals surface area contributed by atoms with Crippen LogP contribution in [0.5, 0.6) is 0 Å². The predicted octanol–water partition coefficient (Wildman–Crippen LogP) is 7.05. The first kappa shape index (κ1) is 24.2. The van der Waals surface area contributed by atoms with Crippen LogP contribution in [0.15, 0.2) is 97.1 Å². The standard InChI is InChI=1S/C28H28INO2S/c29-30-27(25-9-5-2-6-10-25)28(33)32-20-23-12-14-24-13-11-22(17-26(24)18-23)19-31-16-15-21-7-3-1-4-8-21/h1-14,17-18,27-28,30,33H,15-16,19-20H2/t27-,28?/m0/s1. The Morgan fingerprint density at radius 1 is 0.727 bits per heavy atom. The summed E-state index contributed by atoms with van der Waals surface area (Å²) < 4.78 is 15.3. The Labute approximate surface area is 215 Å². The fourth-order valence-electron chi connectivity index (χ4n) is 3.77. The Morgan fingerprint density at radius 3 is 2.03 bits per heavy atom. The van der Waals surface area contributed by atoms with E-state index in [9.17, 15) is 0 Å². The van der Waals surface area contributed by atoms with E-state index in [0.29, 0.717) is 19.8 Å². The maximum absolute atomic E-state index is 6.11. The van der Waals surface area contributed by atoms with Crippen LogP contribution in [0.4, 0.5) is 0 Å². The van der Waals surface area contributed by atoms with Crippen molar-refractivity contribution in [3.05, 3.63) is 119 Å². The Balaban J connectivity index is 1.33. The number of benzene rings is 4.